The highest BCUT2D eigenvalue weighted by Crippen LogP contribution is 2.67. The van der Waals surface area contributed by atoms with Crippen molar-refractivity contribution in [3.05, 3.63) is 12.7 Å². The molecular formula is C23H34O2. The highest BCUT2D eigenvalue weighted by molar-refractivity contribution is 5.90. The van der Waals surface area contributed by atoms with Crippen molar-refractivity contribution in [2.75, 3.05) is 0 Å². The van der Waals surface area contributed by atoms with Crippen molar-refractivity contribution in [3.63, 3.8) is 0 Å². The minimum Gasteiger partial charge on any atom is -0.300 e. The van der Waals surface area contributed by atoms with Gasteiger partial charge in [-0.05, 0) is 72.5 Å². The number of allylic oxidation sites excluding steroid dienone is 1. The van der Waals surface area contributed by atoms with Crippen LogP contribution < -0.4 is 0 Å². The Balaban J connectivity index is 1.66. The van der Waals surface area contributed by atoms with E-state index < -0.39 is 0 Å². The molecule has 25 heavy (non-hydrogen) atoms. The van der Waals surface area contributed by atoms with E-state index >= 15 is 0 Å². The van der Waals surface area contributed by atoms with Crippen LogP contribution in [0.15, 0.2) is 12.7 Å². The zero-order chi connectivity index (χ0) is 18.0. The first-order valence-corrected chi connectivity index (χ1v) is 10.5. The fourth-order valence-corrected chi connectivity index (χ4v) is 7.91. The smallest absolute Gasteiger partial charge is 0.137 e. The molecule has 6 unspecified atom stereocenters. The van der Waals surface area contributed by atoms with Crippen LogP contribution in [0.3, 0.4) is 0 Å². The third-order valence-corrected chi connectivity index (χ3v) is 9.36. The molecule has 0 aliphatic heterocycles. The van der Waals surface area contributed by atoms with E-state index in [1.54, 1.807) is 0 Å². The molecule has 138 valence electrons. The summed E-state index contributed by atoms with van der Waals surface area (Å²) >= 11 is 0. The molecule has 0 amide bonds. The lowest BCUT2D eigenvalue weighted by Crippen LogP contribution is -2.56. The van der Waals surface area contributed by atoms with Crippen LogP contribution in [-0.2, 0) is 9.59 Å². The molecule has 8 atom stereocenters. The third kappa shape index (κ3) is 2.35. The largest absolute Gasteiger partial charge is 0.300 e. The molecular weight excluding hydrogens is 308 g/mol. The minimum absolute atomic E-state index is 0.0173. The number of carbonyl (C=O) groups excluding carboxylic acids is 2. The fourth-order valence-electron chi connectivity index (χ4n) is 7.91. The zero-order valence-corrected chi connectivity index (χ0v) is 16.2. The first kappa shape index (κ1) is 17.5. The van der Waals surface area contributed by atoms with Crippen LogP contribution in [0.2, 0.25) is 0 Å². The number of hydrogen-bond acceptors (Lipinski definition) is 2. The predicted molar refractivity (Wildman–Crippen MR) is 100.0 cm³/mol. The van der Waals surface area contributed by atoms with Crippen molar-refractivity contribution in [2.45, 2.75) is 72.1 Å². The molecule has 4 fully saturated rings. The number of rotatable bonds is 2. The molecule has 0 N–H and O–H groups in total. The summed E-state index contributed by atoms with van der Waals surface area (Å²) in [5, 5.41) is 0. The van der Waals surface area contributed by atoms with E-state index in [0.717, 1.165) is 18.8 Å². The Morgan fingerprint density at radius 1 is 1.04 bits per heavy atom. The minimum atomic E-state index is 0.0173. The quantitative estimate of drug-likeness (QED) is 0.645. The fraction of sp³-hybridized carbons (Fsp3) is 0.826. The van der Waals surface area contributed by atoms with E-state index in [4.69, 9.17) is 0 Å². The van der Waals surface area contributed by atoms with Crippen LogP contribution in [0.5, 0.6) is 0 Å². The molecule has 0 aromatic carbocycles. The topological polar surface area (TPSA) is 34.1 Å². The molecule has 0 spiro atoms. The summed E-state index contributed by atoms with van der Waals surface area (Å²) in [6.45, 7) is 11.2. The molecule has 0 heterocycles. The van der Waals surface area contributed by atoms with Gasteiger partial charge in [0, 0.05) is 25.2 Å². The molecule has 0 saturated heterocycles. The number of Topliss-reactive ketones (excluding diaryl/α,β-unsaturated/α-hetero) is 2. The summed E-state index contributed by atoms with van der Waals surface area (Å²) in [5.41, 5.74) is 0.458. The molecule has 4 saturated carbocycles. The second-order valence-electron chi connectivity index (χ2n) is 10.2. The molecule has 0 bridgehead atoms. The van der Waals surface area contributed by atoms with Gasteiger partial charge in [0.15, 0.2) is 0 Å². The van der Waals surface area contributed by atoms with Crippen molar-refractivity contribution in [1.82, 2.24) is 0 Å². The van der Waals surface area contributed by atoms with E-state index in [9.17, 15) is 9.59 Å². The van der Waals surface area contributed by atoms with Crippen LogP contribution in [0.4, 0.5) is 0 Å². The molecule has 0 aromatic rings. The number of hydrogen-bond donors (Lipinski definition) is 0. The SMILES string of the molecule is C=C[C@@H](C)[C@H]1CCC2C3CC(=O)C4CC(=O)CCC4(C)C3CCC21C. The van der Waals surface area contributed by atoms with Gasteiger partial charge in [-0.1, -0.05) is 26.8 Å². The first-order valence-electron chi connectivity index (χ1n) is 10.5. The van der Waals surface area contributed by atoms with Crippen molar-refractivity contribution < 1.29 is 9.59 Å². The monoisotopic (exact) mass is 342 g/mol. The maximum Gasteiger partial charge on any atom is 0.137 e. The van der Waals surface area contributed by atoms with Gasteiger partial charge in [-0.25, -0.2) is 0 Å². The summed E-state index contributed by atoms with van der Waals surface area (Å²) in [4.78, 5) is 25.0. The first-order chi connectivity index (χ1) is 11.8. The highest BCUT2D eigenvalue weighted by atomic mass is 16.1. The maximum atomic E-state index is 13.0. The Kier molecular flexibility index (Phi) is 4.05. The van der Waals surface area contributed by atoms with Crippen LogP contribution in [-0.4, -0.2) is 11.6 Å². The Hall–Kier alpha value is -0.920. The Labute approximate surface area is 152 Å². The van der Waals surface area contributed by atoms with Crippen molar-refractivity contribution in [1.29, 1.82) is 0 Å². The van der Waals surface area contributed by atoms with Gasteiger partial charge in [0.1, 0.15) is 11.6 Å². The summed E-state index contributed by atoms with van der Waals surface area (Å²) in [5.74, 6) is 3.94. The molecule has 4 rings (SSSR count). The number of fused-ring (bicyclic) bond motifs is 5. The van der Waals surface area contributed by atoms with Crippen LogP contribution in [0, 0.1) is 46.3 Å². The van der Waals surface area contributed by atoms with Crippen molar-refractivity contribution in [2.24, 2.45) is 46.3 Å². The number of carbonyl (C=O) groups is 2. The van der Waals surface area contributed by atoms with Gasteiger partial charge in [0.05, 0.1) is 0 Å². The zero-order valence-electron chi connectivity index (χ0n) is 16.2. The van der Waals surface area contributed by atoms with E-state index in [2.05, 4.69) is 33.4 Å². The van der Waals surface area contributed by atoms with Gasteiger partial charge in [-0.2, -0.15) is 0 Å². The molecule has 4 aliphatic carbocycles. The summed E-state index contributed by atoms with van der Waals surface area (Å²) < 4.78 is 0. The molecule has 0 radical (unpaired) electrons. The van der Waals surface area contributed by atoms with Crippen molar-refractivity contribution in [3.8, 4) is 0 Å². The normalized spacial score (nSPS) is 50.6. The lowest BCUT2D eigenvalue weighted by molar-refractivity contribution is -0.158. The van der Waals surface area contributed by atoms with E-state index in [-0.39, 0.29) is 11.3 Å². The summed E-state index contributed by atoms with van der Waals surface area (Å²) in [6.07, 6.45) is 10.2. The predicted octanol–water partition coefficient (Wildman–Crippen LogP) is 5.22. The second kappa shape index (κ2) is 5.79. The van der Waals surface area contributed by atoms with Crippen LogP contribution in [0.25, 0.3) is 0 Å². The maximum absolute atomic E-state index is 13.0. The standard InChI is InChI=1S/C23H34O2/c1-5-14(2)17-6-7-18-16-13-21(25)20-12-15(24)8-10-23(20,4)19(16)9-11-22(17,18)3/h5,14,16-20H,1,6-13H2,2-4H3/t14-,16?,17-,18?,19?,20?,22?,23?/m1/s1. The molecule has 0 aromatic heterocycles. The van der Waals surface area contributed by atoms with Crippen molar-refractivity contribution >= 4 is 11.6 Å². The third-order valence-electron chi connectivity index (χ3n) is 9.36. The van der Waals surface area contributed by atoms with Gasteiger partial charge in [0.25, 0.3) is 0 Å². The molecule has 4 aliphatic rings. The van der Waals surface area contributed by atoms with E-state index in [1.807, 2.05) is 0 Å². The van der Waals surface area contributed by atoms with Crippen LogP contribution >= 0.6 is 0 Å². The molecule has 2 nitrogen and oxygen atoms in total. The Morgan fingerprint density at radius 3 is 2.48 bits per heavy atom. The average molecular weight is 343 g/mol. The van der Waals surface area contributed by atoms with Crippen LogP contribution in [0.1, 0.15) is 72.1 Å². The lowest BCUT2D eigenvalue weighted by Gasteiger charge is -2.59. The van der Waals surface area contributed by atoms with Gasteiger partial charge < -0.3 is 0 Å². The lowest BCUT2D eigenvalue weighted by atomic mass is 9.44. The van der Waals surface area contributed by atoms with Gasteiger partial charge >= 0.3 is 0 Å². The summed E-state index contributed by atoms with van der Waals surface area (Å²) in [6, 6.07) is 0. The van der Waals surface area contributed by atoms with E-state index in [1.165, 1.54) is 25.7 Å². The number of ketones is 2. The van der Waals surface area contributed by atoms with Gasteiger partial charge in [-0.3, -0.25) is 9.59 Å². The second-order valence-corrected chi connectivity index (χ2v) is 10.2. The highest BCUT2D eigenvalue weighted by Gasteiger charge is 2.62. The van der Waals surface area contributed by atoms with Gasteiger partial charge in [-0.15, -0.1) is 6.58 Å². The average Bonchev–Trinajstić information content (AvgIpc) is 2.93. The Morgan fingerprint density at radius 2 is 1.76 bits per heavy atom. The molecule has 2 heteroatoms. The summed E-state index contributed by atoms with van der Waals surface area (Å²) in [7, 11) is 0. The van der Waals surface area contributed by atoms with Gasteiger partial charge in [0.2, 0.25) is 0 Å². The van der Waals surface area contributed by atoms with E-state index in [0.29, 0.717) is 53.5 Å². The Bertz CT molecular complexity index is 607.